The molecular weight excluding hydrogens is 264 g/mol. The van der Waals surface area contributed by atoms with Crippen LogP contribution in [0.4, 0.5) is 0 Å². The molecule has 0 spiro atoms. The Bertz CT molecular complexity index is 475. The van der Waals surface area contributed by atoms with E-state index in [0.717, 1.165) is 0 Å². The molecule has 7 heteroatoms. The predicted octanol–water partition coefficient (Wildman–Crippen LogP) is 0.543. The van der Waals surface area contributed by atoms with Crippen LogP contribution in [0.25, 0.3) is 0 Å². The van der Waals surface area contributed by atoms with E-state index in [1.165, 1.54) is 34.5 Å². The van der Waals surface area contributed by atoms with Crippen molar-refractivity contribution in [2.45, 2.75) is 13.0 Å². The number of methoxy groups -OCH3 is 3. The van der Waals surface area contributed by atoms with Gasteiger partial charge in [-0.05, 0) is 19.1 Å². The first-order valence-corrected chi connectivity index (χ1v) is 5.84. The first-order valence-electron chi connectivity index (χ1n) is 5.84. The van der Waals surface area contributed by atoms with Crippen molar-refractivity contribution < 1.29 is 24.1 Å². The van der Waals surface area contributed by atoms with Gasteiger partial charge in [-0.2, -0.15) is 5.10 Å². The van der Waals surface area contributed by atoms with Gasteiger partial charge in [0.1, 0.15) is 6.10 Å². The van der Waals surface area contributed by atoms with Crippen molar-refractivity contribution in [2.24, 2.45) is 5.10 Å². The lowest BCUT2D eigenvalue weighted by Crippen LogP contribution is -2.28. The molecule has 1 amide bonds. The van der Waals surface area contributed by atoms with Crippen LogP contribution in [0.15, 0.2) is 17.2 Å². The van der Waals surface area contributed by atoms with Gasteiger partial charge >= 0.3 is 0 Å². The Kier molecular flexibility index (Phi) is 5.79. The zero-order chi connectivity index (χ0) is 15.1. The van der Waals surface area contributed by atoms with Crippen molar-refractivity contribution in [3.05, 3.63) is 17.7 Å². The number of carbonyl (C=O) groups is 1. The van der Waals surface area contributed by atoms with E-state index in [1.54, 1.807) is 12.1 Å². The van der Waals surface area contributed by atoms with Gasteiger partial charge in [0, 0.05) is 5.56 Å². The fraction of sp³-hybridized carbons (Fsp3) is 0.385. The fourth-order valence-corrected chi connectivity index (χ4v) is 1.44. The quantitative estimate of drug-likeness (QED) is 0.587. The zero-order valence-electron chi connectivity index (χ0n) is 11.8. The second-order valence-corrected chi connectivity index (χ2v) is 3.87. The fourth-order valence-electron chi connectivity index (χ4n) is 1.44. The maximum Gasteiger partial charge on any atom is 0.268 e. The first-order chi connectivity index (χ1) is 9.53. The largest absolute Gasteiger partial charge is 0.493 e. The van der Waals surface area contributed by atoms with Crippen molar-refractivity contribution in [1.29, 1.82) is 0 Å². The van der Waals surface area contributed by atoms with Crippen LogP contribution >= 0.6 is 0 Å². The number of hydrazone groups is 1. The van der Waals surface area contributed by atoms with Crippen LogP contribution < -0.4 is 19.6 Å². The third-order valence-electron chi connectivity index (χ3n) is 2.45. The van der Waals surface area contributed by atoms with Crippen LogP contribution in [0, 0.1) is 0 Å². The van der Waals surface area contributed by atoms with Gasteiger partial charge in [0.15, 0.2) is 11.5 Å². The van der Waals surface area contributed by atoms with Gasteiger partial charge in [-0.15, -0.1) is 0 Å². The summed E-state index contributed by atoms with van der Waals surface area (Å²) in [6.45, 7) is 1.35. The van der Waals surface area contributed by atoms with Gasteiger partial charge in [-0.3, -0.25) is 4.79 Å². The molecular formula is C13H18N2O5. The summed E-state index contributed by atoms with van der Waals surface area (Å²) in [6.07, 6.45) is 0.289. The Balaban J connectivity index is 2.96. The van der Waals surface area contributed by atoms with E-state index >= 15 is 0 Å². The number of ether oxygens (including phenoxy) is 3. The first kappa shape index (κ1) is 15.8. The number of hydrogen-bond acceptors (Lipinski definition) is 6. The van der Waals surface area contributed by atoms with Crippen molar-refractivity contribution in [3.63, 3.8) is 0 Å². The van der Waals surface area contributed by atoms with Crippen LogP contribution in [0.1, 0.15) is 12.5 Å². The predicted molar refractivity (Wildman–Crippen MR) is 73.5 cm³/mol. The molecule has 0 aliphatic heterocycles. The van der Waals surface area contributed by atoms with Crippen molar-refractivity contribution in [3.8, 4) is 17.2 Å². The summed E-state index contributed by atoms with van der Waals surface area (Å²) in [5.74, 6) is 0.846. The van der Waals surface area contributed by atoms with Crippen LogP contribution in [-0.2, 0) is 4.79 Å². The van der Waals surface area contributed by atoms with E-state index in [4.69, 9.17) is 19.3 Å². The molecule has 110 valence electrons. The highest BCUT2D eigenvalue weighted by atomic mass is 16.5. The number of nitrogens with one attached hydrogen (secondary N) is 1. The molecule has 0 saturated heterocycles. The van der Waals surface area contributed by atoms with E-state index in [-0.39, 0.29) is 0 Å². The van der Waals surface area contributed by atoms with Crippen LogP contribution in [0.2, 0.25) is 0 Å². The normalized spacial score (nSPS) is 12.1. The molecule has 20 heavy (non-hydrogen) atoms. The number of carbonyl (C=O) groups excluding carboxylic acids is 1. The van der Waals surface area contributed by atoms with Crippen LogP contribution in [0.5, 0.6) is 17.2 Å². The Hall–Kier alpha value is -2.28. The van der Waals surface area contributed by atoms with Gasteiger partial charge in [-0.25, -0.2) is 5.43 Å². The van der Waals surface area contributed by atoms with E-state index in [0.29, 0.717) is 22.8 Å². The molecule has 0 saturated carbocycles. The summed E-state index contributed by atoms with van der Waals surface area (Å²) in [5.41, 5.74) is 2.85. The maximum absolute atomic E-state index is 11.1. The highest BCUT2D eigenvalue weighted by Gasteiger charge is 2.12. The summed E-state index contributed by atoms with van der Waals surface area (Å²) < 4.78 is 15.6. The number of aliphatic hydroxyl groups is 1. The molecule has 1 rings (SSSR count). The van der Waals surface area contributed by atoms with Crippen molar-refractivity contribution in [1.82, 2.24) is 5.43 Å². The average molecular weight is 282 g/mol. The Labute approximate surface area is 117 Å². The van der Waals surface area contributed by atoms with E-state index in [2.05, 4.69) is 10.5 Å². The molecule has 0 fully saturated rings. The Morgan fingerprint density at radius 3 is 2.20 bits per heavy atom. The number of amides is 1. The second-order valence-electron chi connectivity index (χ2n) is 3.87. The van der Waals surface area contributed by atoms with E-state index in [1.807, 2.05) is 0 Å². The number of aliphatic hydroxyl groups excluding tert-OH is 1. The molecule has 7 nitrogen and oxygen atoms in total. The highest BCUT2D eigenvalue weighted by Crippen LogP contribution is 2.37. The Morgan fingerprint density at radius 1 is 1.25 bits per heavy atom. The van der Waals surface area contributed by atoms with Gasteiger partial charge in [0.2, 0.25) is 5.75 Å². The van der Waals surface area contributed by atoms with E-state index in [9.17, 15) is 4.79 Å². The number of hydrogen-bond donors (Lipinski definition) is 2. The van der Waals surface area contributed by atoms with Gasteiger partial charge in [-0.1, -0.05) is 0 Å². The number of nitrogens with zero attached hydrogens (tertiary/aromatic N) is 1. The van der Waals surface area contributed by atoms with Gasteiger partial charge < -0.3 is 19.3 Å². The third-order valence-corrected chi connectivity index (χ3v) is 2.45. The second kappa shape index (κ2) is 7.34. The Morgan fingerprint density at radius 2 is 1.80 bits per heavy atom. The lowest BCUT2D eigenvalue weighted by molar-refractivity contribution is -0.128. The molecule has 0 aromatic heterocycles. The lowest BCUT2D eigenvalue weighted by Gasteiger charge is -2.12. The van der Waals surface area contributed by atoms with Gasteiger partial charge in [0.25, 0.3) is 5.91 Å². The van der Waals surface area contributed by atoms with Crippen LogP contribution in [-0.4, -0.2) is 44.7 Å². The van der Waals surface area contributed by atoms with Crippen molar-refractivity contribution in [2.75, 3.05) is 21.3 Å². The maximum atomic E-state index is 11.1. The molecule has 2 N–H and O–H groups in total. The minimum absolute atomic E-state index is 0.472. The lowest BCUT2D eigenvalue weighted by atomic mass is 10.2. The summed E-state index contributed by atoms with van der Waals surface area (Å²) >= 11 is 0. The average Bonchev–Trinajstić information content (AvgIpc) is 2.45. The molecule has 1 aromatic rings. The van der Waals surface area contributed by atoms with E-state index < -0.39 is 12.0 Å². The SMILES string of the molecule is COc1cc(/C=N\NC(=O)[C@H](C)O)cc(OC)c1OC. The topological polar surface area (TPSA) is 89.4 Å². The summed E-state index contributed by atoms with van der Waals surface area (Å²) in [6, 6.07) is 3.36. The standard InChI is InChI=1S/C13H18N2O5/c1-8(16)13(17)15-14-7-9-5-10(18-2)12(20-4)11(6-9)19-3/h5-8,16H,1-4H3,(H,15,17)/b14-7-/t8-/m0/s1. The molecule has 1 atom stereocenters. The minimum atomic E-state index is -1.12. The van der Waals surface area contributed by atoms with Crippen LogP contribution in [0.3, 0.4) is 0 Å². The molecule has 0 aliphatic carbocycles. The molecule has 0 aliphatic rings. The minimum Gasteiger partial charge on any atom is -0.493 e. The molecule has 0 unspecified atom stereocenters. The monoisotopic (exact) mass is 282 g/mol. The number of benzene rings is 1. The number of rotatable bonds is 6. The highest BCUT2D eigenvalue weighted by molar-refractivity contribution is 5.85. The summed E-state index contributed by atoms with van der Waals surface area (Å²) in [4.78, 5) is 11.1. The molecule has 1 aromatic carbocycles. The van der Waals surface area contributed by atoms with Gasteiger partial charge in [0.05, 0.1) is 27.5 Å². The van der Waals surface area contributed by atoms with Crippen molar-refractivity contribution >= 4 is 12.1 Å². The smallest absolute Gasteiger partial charge is 0.268 e. The summed E-state index contributed by atoms with van der Waals surface area (Å²) in [5, 5.41) is 12.7. The molecule has 0 bridgehead atoms. The third kappa shape index (κ3) is 3.86. The molecule has 0 radical (unpaired) electrons. The zero-order valence-corrected chi connectivity index (χ0v) is 11.8. The molecule has 0 heterocycles. The summed E-state index contributed by atoms with van der Waals surface area (Å²) in [7, 11) is 4.53.